The summed E-state index contributed by atoms with van der Waals surface area (Å²) in [7, 11) is -0.696. The third-order valence-corrected chi connectivity index (χ3v) is 3.83. The van der Waals surface area contributed by atoms with Gasteiger partial charge in [-0.1, -0.05) is 44.2 Å². The lowest BCUT2D eigenvalue weighted by Gasteiger charge is -2.16. The fourth-order valence-corrected chi connectivity index (χ4v) is 2.96. The normalized spacial score (nSPS) is 11.0. The molecular weight excluding hydrogens is 231 g/mol. The molecule has 0 atom stereocenters. The topological polar surface area (TPSA) is 18.5 Å². The van der Waals surface area contributed by atoms with Crippen LogP contribution in [0.25, 0.3) is 0 Å². The minimum atomic E-state index is -0.696. The van der Waals surface area contributed by atoms with Crippen molar-refractivity contribution in [2.75, 3.05) is 19.4 Å². The van der Waals surface area contributed by atoms with E-state index in [0.29, 0.717) is 0 Å². The maximum Gasteiger partial charge on any atom is 0.170 e. The van der Waals surface area contributed by atoms with E-state index in [1.54, 1.807) is 0 Å². The second-order valence-electron chi connectivity index (χ2n) is 3.96. The van der Waals surface area contributed by atoms with Crippen molar-refractivity contribution in [2.45, 2.75) is 33.1 Å². The van der Waals surface area contributed by atoms with Crippen LogP contribution in [0, 0.1) is 0 Å². The van der Waals surface area contributed by atoms with Crippen LogP contribution in [-0.4, -0.2) is 19.4 Å². The summed E-state index contributed by atoms with van der Waals surface area (Å²) in [5.41, 5.74) is 1.36. The molecule has 0 aliphatic carbocycles. The molecule has 0 unspecified atom stereocenters. The molecule has 3 heteroatoms. The Hall–Kier alpha value is -0.430. The van der Waals surface area contributed by atoms with Gasteiger partial charge >= 0.3 is 0 Å². The summed E-state index contributed by atoms with van der Waals surface area (Å²) in [5.74, 6) is 0. The predicted molar refractivity (Wildman–Crippen MR) is 74.4 cm³/mol. The predicted octanol–water partition coefficient (Wildman–Crippen LogP) is 4.39. The standard InChI is InChI=1S/C14H23O2P/c1-3-11-15-17(16-12-4-2)13-10-14-8-6-5-7-9-14/h5-9H,3-4,10-13H2,1-2H3. The first kappa shape index (κ1) is 14.6. The summed E-state index contributed by atoms with van der Waals surface area (Å²) >= 11 is 0. The molecule has 0 N–H and O–H groups in total. The number of aryl methyl sites for hydroxylation is 1. The summed E-state index contributed by atoms with van der Waals surface area (Å²) in [6.07, 6.45) is 4.15. The van der Waals surface area contributed by atoms with E-state index >= 15 is 0 Å². The second kappa shape index (κ2) is 9.58. The molecule has 96 valence electrons. The van der Waals surface area contributed by atoms with Crippen molar-refractivity contribution in [3.63, 3.8) is 0 Å². The number of hydrogen-bond donors (Lipinski definition) is 0. The van der Waals surface area contributed by atoms with Crippen molar-refractivity contribution in [1.29, 1.82) is 0 Å². The second-order valence-corrected chi connectivity index (χ2v) is 5.59. The van der Waals surface area contributed by atoms with Crippen LogP contribution >= 0.6 is 8.38 Å². The van der Waals surface area contributed by atoms with Crippen LogP contribution in [0.4, 0.5) is 0 Å². The van der Waals surface area contributed by atoms with Crippen LogP contribution in [0.3, 0.4) is 0 Å². The molecule has 1 aromatic carbocycles. The highest BCUT2D eigenvalue weighted by molar-refractivity contribution is 7.47. The first-order valence-corrected chi connectivity index (χ1v) is 7.80. The van der Waals surface area contributed by atoms with E-state index in [1.165, 1.54) is 5.56 Å². The Morgan fingerprint density at radius 3 is 2.06 bits per heavy atom. The molecule has 0 fully saturated rings. The van der Waals surface area contributed by atoms with Gasteiger partial charge in [-0.2, -0.15) is 0 Å². The molecule has 0 radical (unpaired) electrons. The van der Waals surface area contributed by atoms with Gasteiger partial charge in [-0.25, -0.2) is 0 Å². The number of benzene rings is 1. The molecule has 0 heterocycles. The van der Waals surface area contributed by atoms with E-state index in [9.17, 15) is 0 Å². The summed E-state index contributed by atoms with van der Waals surface area (Å²) in [6.45, 7) is 5.88. The van der Waals surface area contributed by atoms with Gasteiger partial charge in [-0.3, -0.25) is 0 Å². The zero-order valence-corrected chi connectivity index (χ0v) is 11.8. The molecule has 0 aromatic heterocycles. The van der Waals surface area contributed by atoms with Gasteiger partial charge in [-0.05, 0) is 24.8 Å². The number of rotatable bonds is 9. The molecule has 0 spiro atoms. The fourth-order valence-electron chi connectivity index (χ4n) is 1.42. The molecule has 2 nitrogen and oxygen atoms in total. The lowest BCUT2D eigenvalue weighted by molar-refractivity contribution is 0.249. The summed E-state index contributed by atoms with van der Waals surface area (Å²) in [4.78, 5) is 0. The first-order valence-electron chi connectivity index (χ1n) is 6.44. The zero-order valence-electron chi connectivity index (χ0n) is 10.9. The Balaban J connectivity index is 2.31. The van der Waals surface area contributed by atoms with Crippen LogP contribution in [0.2, 0.25) is 0 Å². The molecule has 0 aliphatic rings. The Morgan fingerprint density at radius 2 is 1.53 bits per heavy atom. The Kier molecular flexibility index (Phi) is 8.25. The van der Waals surface area contributed by atoms with Gasteiger partial charge in [0.1, 0.15) is 0 Å². The molecule has 17 heavy (non-hydrogen) atoms. The minimum Gasteiger partial charge on any atom is -0.334 e. The van der Waals surface area contributed by atoms with Crippen molar-refractivity contribution in [3.05, 3.63) is 35.9 Å². The highest BCUT2D eigenvalue weighted by Crippen LogP contribution is 2.39. The lowest BCUT2D eigenvalue weighted by atomic mass is 10.2. The Morgan fingerprint density at radius 1 is 0.941 bits per heavy atom. The average molecular weight is 254 g/mol. The Labute approximate surface area is 106 Å². The molecule has 0 bridgehead atoms. The van der Waals surface area contributed by atoms with Crippen molar-refractivity contribution >= 4 is 8.38 Å². The SMILES string of the molecule is CCCOP(CCc1ccccc1)OCCC. The molecule has 0 amide bonds. The van der Waals surface area contributed by atoms with E-state index in [-0.39, 0.29) is 0 Å². The fraction of sp³-hybridized carbons (Fsp3) is 0.571. The molecule has 0 saturated carbocycles. The first-order chi connectivity index (χ1) is 8.36. The van der Waals surface area contributed by atoms with Gasteiger partial charge in [0.25, 0.3) is 0 Å². The van der Waals surface area contributed by atoms with Gasteiger partial charge in [0, 0.05) is 6.16 Å². The molecule has 0 saturated heterocycles. The van der Waals surface area contributed by atoms with Gasteiger partial charge in [0.15, 0.2) is 8.38 Å². The third-order valence-electron chi connectivity index (χ3n) is 2.30. The van der Waals surface area contributed by atoms with Gasteiger partial charge in [0.05, 0.1) is 13.2 Å². The van der Waals surface area contributed by atoms with Gasteiger partial charge in [-0.15, -0.1) is 0 Å². The lowest BCUT2D eigenvalue weighted by Crippen LogP contribution is -2.00. The third kappa shape index (κ3) is 6.78. The summed E-state index contributed by atoms with van der Waals surface area (Å²) in [5, 5.41) is 0. The monoisotopic (exact) mass is 254 g/mol. The molecular formula is C14H23O2P. The molecule has 1 rings (SSSR count). The van der Waals surface area contributed by atoms with Crippen molar-refractivity contribution in [1.82, 2.24) is 0 Å². The van der Waals surface area contributed by atoms with Crippen LogP contribution in [0.5, 0.6) is 0 Å². The molecule has 0 aliphatic heterocycles. The van der Waals surface area contributed by atoms with Crippen LogP contribution in [-0.2, 0) is 15.5 Å². The minimum absolute atomic E-state index is 0.696. The van der Waals surface area contributed by atoms with E-state index in [4.69, 9.17) is 9.05 Å². The van der Waals surface area contributed by atoms with Gasteiger partial charge < -0.3 is 9.05 Å². The van der Waals surface area contributed by atoms with Crippen LogP contribution in [0.15, 0.2) is 30.3 Å². The number of hydrogen-bond acceptors (Lipinski definition) is 2. The average Bonchev–Trinajstić information content (AvgIpc) is 2.39. The van der Waals surface area contributed by atoms with E-state index < -0.39 is 8.38 Å². The van der Waals surface area contributed by atoms with E-state index in [0.717, 1.165) is 38.6 Å². The van der Waals surface area contributed by atoms with E-state index in [1.807, 2.05) is 6.07 Å². The quantitative estimate of drug-likeness (QED) is 0.608. The molecule has 1 aromatic rings. The Bertz CT molecular complexity index is 269. The van der Waals surface area contributed by atoms with E-state index in [2.05, 4.69) is 38.1 Å². The summed E-state index contributed by atoms with van der Waals surface area (Å²) < 4.78 is 11.5. The smallest absolute Gasteiger partial charge is 0.170 e. The largest absolute Gasteiger partial charge is 0.334 e. The van der Waals surface area contributed by atoms with Crippen molar-refractivity contribution < 1.29 is 9.05 Å². The highest BCUT2D eigenvalue weighted by atomic mass is 31.2. The highest BCUT2D eigenvalue weighted by Gasteiger charge is 2.09. The van der Waals surface area contributed by atoms with Gasteiger partial charge in [0.2, 0.25) is 0 Å². The maximum atomic E-state index is 5.76. The van der Waals surface area contributed by atoms with Crippen molar-refractivity contribution in [3.8, 4) is 0 Å². The zero-order chi connectivity index (χ0) is 12.3. The summed E-state index contributed by atoms with van der Waals surface area (Å²) in [6, 6.07) is 10.5. The van der Waals surface area contributed by atoms with Crippen LogP contribution < -0.4 is 0 Å². The van der Waals surface area contributed by atoms with Crippen LogP contribution in [0.1, 0.15) is 32.3 Å². The maximum absolute atomic E-state index is 5.76. The van der Waals surface area contributed by atoms with Crippen molar-refractivity contribution in [2.24, 2.45) is 0 Å².